The van der Waals surface area contributed by atoms with Gasteiger partial charge in [0.15, 0.2) is 0 Å². The molecule has 8 heteroatoms. The van der Waals surface area contributed by atoms with E-state index in [-0.39, 0.29) is 5.56 Å². The predicted octanol–water partition coefficient (Wildman–Crippen LogP) is 2.37. The van der Waals surface area contributed by atoms with E-state index in [1.54, 1.807) is 12.1 Å². The van der Waals surface area contributed by atoms with Crippen LogP contribution in [0.15, 0.2) is 48.5 Å². The van der Waals surface area contributed by atoms with E-state index in [1.807, 2.05) is 12.1 Å². The zero-order chi connectivity index (χ0) is 24.7. The molecule has 1 heterocycles. The Labute approximate surface area is 198 Å². The van der Waals surface area contributed by atoms with Crippen molar-refractivity contribution in [1.29, 1.82) is 0 Å². The Hall–Kier alpha value is -3.28. The topological polar surface area (TPSA) is 87.5 Å². The van der Waals surface area contributed by atoms with Crippen LogP contribution in [0.2, 0.25) is 0 Å². The third-order valence-corrected chi connectivity index (χ3v) is 6.24. The maximum absolute atomic E-state index is 13.2. The van der Waals surface area contributed by atoms with Crippen molar-refractivity contribution in [3.8, 4) is 11.8 Å². The van der Waals surface area contributed by atoms with Gasteiger partial charge in [-0.05, 0) is 48.9 Å². The molecule has 0 aromatic heterocycles. The van der Waals surface area contributed by atoms with Gasteiger partial charge in [0, 0.05) is 55.3 Å². The summed E-state index contributed by atoms with van der Waals surface area (Å²) in [6.07, 6.45) is -2.81. The van der Waals surface area contributed by atoms with E-state index in [2.05, 4.69) is 39.5 Å². The first kappa shape index (κ1) is 25.3. The molecule has 34 heavy (non-hydrogen) atoms. The number of piperazine rings is 1. The molecule has 2 unspecified atom stereocenters. The number of amides is 2. The maximum Gasteiger partial charge on any atom is 0.252 e. The van der Waals surface area contributed by atoms with E-state index in [0.29, 0.717) is 5.56 Å². The molecule has 1 aliphatic heterocycles. The van der Waals surface area contributed by atoms with Gasteiger partial charge in [-0.2, -0.15) is 0 Å². The summed E-state index contributed by atoms with van der Waals surface area (Å²) in [5, 5.41) is 5.71. The minimum Gasteiger partial charge on any atom is -0.368 e. The molecular formula is C26H30F2N4O2. The number of nitrogens with two attached hydrogens (primary N) is 1. The molecule has 4 N–H and O–H groups in total. The number of benzene rings is 2. The van der Waals surface area contributed by atoms with Crippen molar-refractivity contribution in [2.75, 3.05) is 26.2 Å². The minimum absolute atomic E-state index is 0.219. The zero-order valence-corrected chi connectivity index (χ0v) is 19.4. The van der Waals surface area contributed by atoms with E-state index in [0.717, 1.165) is 38.3 Å². The van der Waals surface area contributed by atoms with Crippen molar-refractivity contribution in [2.45, 2.75) is 32.4 Å². The number of halogens is 2. The number of hydrogen-bond donors (Lipinski definition) is 3. The Morgan fingerprint density at radius 3 is 2.09 bits per heavy atom. The number of nitrogens with one attached hydrogen (secondary N) is 2. The summed E-state index contributed by atoms with van der Waals surface area (Å²) in [4.78, 5) is 26.7. The molecule has 0 saturated carbocycles. The van der Waals surface area contributed by atoms with E-state index in [1.165, 1.54) is 31.5 Å². The Balaban J connectivity index is 1.62. The second-order valence-corrected chi connectivity index (χ2v) is 8.69. The van der Waals surface area contributed by atoms with Crippen LogP contribution < -0.4 is 16.4 Å². The lowest BCUT2D eigenvalue weighted by molar-refractivity contribution is -0.128. The number of hydrogen-bond acceptors (Lipinski definition) is 4. The van der Waals surface area contributed by atoms with Crippen molar-refractivity contribution in [3.05, 3.63) is 70.8 Å². The second-order valence-electron chi connectivity index (χ2n) is 8.69. The number of carbonyl (C=O) groups is 2. The molecule has 0 radical (unpaired) electrons. The third-order valence-electron chi connectivity index (χ3n) is 6.24. The SMILES string of the molecule is CC(C(F)F)C(C)(NC(=O)c1ccc(C#Cc2ccc(CN3CCNCC3)cc2)cc1)C(N)=O. The van der Waals surface area contributed by atoms with Crippen molar-refractivity contribution in [2.24, 2.45) is 11.7 Å². The molecule has 6 nitrogen and oxygen atoms in total. The standard InChI is InChI=1S/C26H30F2N4O2/c1-18(23(27)28)26(2,25(29)34)31-24(33)22-11-9-20(10-12-22)4-3-19-5-7-21(8-6-19)17-32-15-13-30-14-16-32/h5-12,18,23,30H,13-17H2,1-2H3,(H2,29,34)(H,31,33). The van der Waals surface area contributed by atoms with Gasteiger partial charge < -0.3 is 16.4 Å². The average Bonchev–Trinajstić information content (AvgIpc) is 2.83. The Morgan fingerprint density at radius 2 is 1.59 bits per heavy atom. The highest BCUT2D eigenvalue weighted by molar-refractivity contribution is 5.99. The second kappa shape index (κ2) is 11.2. The summed E-state index contributed by atoms with van der Waals surface area (Å²) < 4.78 is 26.3. The van der Waals surface area contributed by atoms with E-state index < -0.39 is 29.7 Å². The molecule has 1 aliphatic rings. The van der Waals surface area contributed by atoms with Gasteiger partial charge in [0.1, 0.15) is 5.54 Å². The molecule has 2 aromatic carbocycles. The Morgan fingerprint density at radius 1 is 1.06 bits per heavy atom. The number of alkyl halides is 2. The van der Waals surface area contributed by atoms with E-state index in [9.17, 15) is 18.4 Å². The van der Waals surface area contributed by atoms with Crippen LogP contribution in [0.3, 0.4) is 0 Å². The van der Waals surface area contributed by atoms with Crippen LogP contribution >= 0.6 is 0 Å². The molecule has 0 spiro atoms. The monoisotopic (exact) mass is 468 g/mol. The third kappa shape index (κ3) is 6.40. The molecule has 0 aliphatic carbocycles. The van der Waals surface area contributed by atoms with Crippen molar-refractivity contribution >= 4 is 11.8 Å². The van der Waals surface area contributed by atoms with Crippen molar-refractivity contribution in [1.82, 2.24) is 15.5 Å². The average molecular weight is 469 g/mol. The summed E-state index contributed by atoms with van der Waals surface area (Å²) in [7, 11) is 0. The van der Waals surface area contributed by atoms with Gasteiger partial charge in [-0.25, -0.2) is 8.78 Å². The largest absolute Gasteiger partial charge is 0.368 e. The van der Waals surface area contributed by atoms with Crippen LogP contribution in [-0.2, 0) is 11.3 Å². The summed E-state index contributed by atoms with van der Waals surface area (Å²) in [5.41, 5.74) is 6.46. The van der Waals surface area contributed by atoms with Gasteiger partial charge in [0.05, 0.1) is 0 Å². The van der Waals surface area contributed by atoms with Crippen LogP contribution in [0, 0.1) is 17.8 Å². The smallest absolute Gasteiger partial charge is 0.252 e. The van der Waals surface area contributed by atoms with Gasteiger partial charge >= 0.3 is 0 Å². The fourth-order valence-electron chi connectivity index (χ4n) is 3.63. The molecular weight excluding hydrogens is 438 g/mol. The van der Waals surface area contributed by atoms with Gasteiger partial charge in [-0.3, -0.25) is 14.5 Å². The first-order chi connectivity index (χ1) is 16.2. The van der Waals surface area contributed by atoms with Gasteiger partial charge in [0.25, 0.3) is 5.91 Å². The first-order valence-corrected chi connectivity index (χ1v) is 11.2. The normalized spacial score (nSPS) is 16.7. The lowest BCUT2D eigenvalue weighted by atomic mass is 9.86. The van der Waals surface area contributed by atoms with Crippen molar-refractivity contribution < 1.29 is 18.4 Å². The van der Waals surface area contributed by atoms with Gasteiger partial charge in [-0.15, -0.1) is 0 Å². The Bertz CT molecular complexity index is 1050. The highest BCUT2D eigenvalue weighted by Crippen LogP contribution is 2.24. The Kier molecular flexibility index (Phi) is 8.37. The van der Waals surface area contributed by atoms with Crippen LogP contribution in [-0.4, -0.2) is 54.9 Å². The van der Waals surface area contributed by atoms with E-state index >= 15 is 0 Å². The maximum atomic E-state index is 13.2. The van der Waals surface area contributed by atoms with Crippen molar-refractivity contribution in [3.63, 3.8) is 0 Å². The summed E-state index contributed by atoms with van der Waals surface area (Å²) in [6, 6.07) is 14.5. The molecule has 180 valence electrons. The molecule has 1 fully saturated rings. The molecule has 1 saturated heterocycles. The highest BCUT2D eigenvalue weighted by Gasteiger charge is 2.43. The molecule has 2 aromatic rings. The number of nitrogens with zero attached hydrogens (tertiary/aromatic N) is 1. The van der Waals surface area contributed by atoms with Crippen LogP contribution in [0.25, 0.3) is 0 Å². The number of carbonyl (C=O) groups excluding carboxylic acids is 2. The molecule has 0 bridgehead atoms. The van der Waals surface area contributed by atoms with Crippen LogP contribution in [0.4, 0.5) is 8.78 Å². The quantitative estimate of drug-likeness (QED) is 0.545. The number of primary amides is 1. The fraction of sp³-hybridized carbons (Fsp3) is 0.385. The summed E-state index contributed by atoms with van der Waals surface area (Å²) >= 11 is 0. The zero-order valence-electron chi connectivity index (χ0n) is 19.4. The highest BCUT2D eigenvalue weighted by atomic mass is 19.3. The lowest BCUT2D eigenvalue weighted by Crippen LogP contribution is -2.60. The predicted molar refractivity (Wildman–Crippen MR) is 127 cm³/mol. The van der Waals surface area contributed by atoms with Crippen LogP contribution in [0.5, 0.6) is 0 Å². The molecule has 3 rings (SSSR count). The summed E-state index contributed by atoms with van der Waals surface area (Å²) in [6.45, 7) is 7.42. The van der Waals surface area contributed by atoms with Gasteiger partial charge in [-0.1, -0.05) is 30.9 Å². The molecule has 2 atom stereocenters. The van der Waals surface area contributed by atoms with E-state index in [4.69, 9.17) is 5.73 Å². The van der Waals surface area contributed by atoms with Crippen LogP contribution in [0.1, 0.15) is 40.9 Å². The first-order valence-electron chi connectivity index (χ1n) is 11.2. The number of rotatable bonds is 7. The minimum atomic E-state index is -2.81. The molecule has 2 amide bonds. The lowest BCUT2D eigenvalue weighted by Gasteiger charge is -2.33. The summed E-state index contributed by atoms with van der Waals surface area (Å²) in [5.74, 6) is 3.04. The fourth-order valence-corrected chi connectivity index (χ4v) is 3.63. The van der Waals surface area contributed by atoms with Gasteiger partial charge in [0.2, 0.25) is 12.3 Å².